The van der Waals surface area contributed by atoms with E-state index in [-0.39, 0.29) is 0 Å². The van der Waals surface area contributed by atoms with Crippen LogP contribution in [0.4, 0.5) is 0 Å². The molecule has 10 aromatic rings. The highest BCUT2D eigenvalue weighted by Crippen LogP contribution is 2.42. The van der Waals surface area contributed by atoms with E-state index in [1.165, 1.54) is 82.3 Å². The van der Waals surface area contributed by atoms with Gasteiger partial charge in [-0.3, -0.25) is 0 Å². The van der Waals surface area contributed by atoms with Crippen molar-refractivity contribution in [2.24, 2.45) is 0 Å². The Bertz CT molecular complexity index is 2800. The minimum absolute atomic E-state index is 1.15. The van der Waals surface area contributed by atoms with Crippen LogP contribution in [-0.4, -0.2) is 9.13 Å². The molecule has 0 radical (unpaired) electrons. The number of benzene rings is 8. The Hall–Kier alpha value is -6.38. The monoisotopic (exact) mass is 610 g/mol. The fraction of sp³-hybridized carbons (Fsp3) is 0. The van der Waals surface area contributed by atoms with Crippen molar-refractivity contribution in [1.29, 1.82) is 0 Å². The van der Waals surface area contributed by atoms with E-state index in [0.29, 0.717) is 0 Å². The molecule has 0 unspecified atom stereocenters. The lowest BCUT2D eigenvalue weighted by Crippen LogP contribution is -1.95. The molecule has 0 spiro atoms. The van der Waals surface area contributed by atoms with Gasteiger partial charge in [-0.2, -0.15) is 0 Å². The quantitative estimate of drug-likeness (QED) is 0.188. The van der Waals surface area contributed by atoms with Crippen LogP contribution in [0.1, 0.15) is 0 Å². The summed E-state index contributed by atoms with van der Waals surface area (Å²) in [6.07, 6.45) is 0. The summed E-state index contributed by atoms with van der Waals surface area (Å²) in [5.41, 5.74) is 12.1. The summed E-state index contributed by atoms with van der Waals surface area (Å²) >= 11 is 0. The number of rotatable bonds is 4. The maximum absolute atomic E-state index is 2.46. The normalized spacial score (nSPS) is 11.8. The van der Waals surface area contributed by atoms with Gasteiger partial charge in [0, 0.05) is 32.9 Å². The second kappa shape index (κ2) is 10.6. The first kappa shape index (κ1) is 26.8. The van der Waals surface area contributed by atoms with Crippen molar-refractivity contribution in [2.75, 3.05) is 0 Å². The van der Waals surface area contributed by atoms with Crippen molar-refractivity contribution in [2.45, 2.75) is 0 Å². The van der Waals surface area contributed by atoms with Crippen molar-refractivity contribution >= 4 is 54.4 Å². The number of fused-ring (bicyclic) bond motifs is 8. The maximum Gasteiger partial charge on any atom is 0.0641 e. The molecule has 0 bridgehead atoms. The predicted octanol–water partition coefficient (Wildman–Crippen LogP) is 12.4. The molecule has 0 atom stereocenters. The molecule has 224 valence electrons. The Kier molecular flexibility index (Phi) is 5.91. The standard InChI is InChI=1S/C46H30N2/c1-2-12-37(13-3-1)47-43-17-9-7-15-41(43)45-44(47)29-28-40-39-14-6-8-16-42(39)48(46(40)45)38-26-24-33(25-27-38)32-18-20-34(21-19-32)36-23-22-31-10-4-5-11-35(31)30-36/h1-30H. The Labute approximate surface area is 278 Å². The summed E-state index contributed by atoms with van der Waals surface area (Å²) in [6.45, 7) is 0. The van der Waals surface area contributed by atoms with Gasteiger partial charge in [0.15, 0.2) is 0 Å². The van der Waals surface area contributed by atoms with Crippen LogP contribution >= 0.6 is 0 Å². The molecular formula is C46H30N2. The van der Waals surface area contributed by atoms with Gasteiger partial charge in [0.05, 0.1) is 22.1 Å². The molecule has 2 nitrogen and oxygen atoms in total. The van der Waals surface area contributed by atoms with Gasteiger partial charge in [0.1, 0.15) is 0 Å². The van der Waals surface area contributed by atoms with Gasteiger partial charge in [0.25, 0.3) is 0 Å². The molecule has 48 heavy (non-hydrogen) atoms. The van der Waals surface area contributed by atoms with E-state index >= 15 is 0 Å². The molecule has 0 N–H and O–H groups in total. The summed E-state index contributed by atoms with van der Waals surface area (Å²) < 4.78 is 4.86. The zero-order valence-corrected chi connectivity index (χ0v) is 26.2. The van der Waals surface area contributed by atoms with Crippen LogP contribution in [0.3, 0.4) is 0 Å². The van der Waals surface area contributed by atoms with E-state index in [1.807, 2.05) is 0 Å². The van der Waals surface area contributed by atoms with E-state index in [4.69, 9.17) is 0 Å². The minimum Gasteiger partial charge on any atom is -0.309 e. The molecule has 0 aliphatic rings. The van der Waals surface area contributed by atoms with Crippen LogP contribution in [0.15, 0.2) is 182 Å². The van der Waals surface area contributed by atoms with Gasteiger partial charge in [-0.1, -0.05) is 133 Å². The van der Waals surface area contributed by atoms with Gasteiger partial charge < -0.3 is 9.13 Å². The number of hydrogen-bond donors (Lipinski definition) is 0. The maximum atomic E-state index is 2.46. The van der Waals surface area contributed by atoms with Crippen molar-refractivity contribution < 1.29 is 0 Å². The number of para-hydroxylation sites is 3. The van der Waals surface area contributed by atoms with E-state index < -0.39 is 0 Å². The first-order valence-corrected chi connectivity index (χ1v) is 16.5. The molecule has 2 heterocycles. The molecule has 0 saturated carbocycles. The first-order valence-electron chi connectivity index (χ1n) is 16.5. The van der Waals surface area contributed by atoms with Gasteiger partial charge in [-0.05, 0) is 81.6 Å². The molecule has 8 aromatic carbocycles. The third-order valence-corrected chi connectivity index (χ3v) is 9.91. The largest absolute Gasteiger partial charge is 0.309 e. The lowest BCUT2D eigenvalue weighted by atomic mass is 9.98. The predicted molar refractivity (Wildman–Crippen MR) is 203 cm³/mol. The third kappa shape index (κ3) is 4.06. The van der Waals surface area contributed by atoms with Crippen molar-refractivity contribution in [3.8, 4) is 33.6 Å². The SMILES string of the molecule is c1ccc(-n2c3ccccc3c3c2ccc2c4ccccc4n(-c4ccc(-c5ccc(-c6ccc7ccccc7c6)cc5)cc4)c23)cc1. The first-order chi connectivity index (χ1) is 23.8. The highest BCUT2D eigenvalue weighted by molar-refractivity contribution is 6.26. The van der Waals surface area contributed by atoms with Crippen LogP contribution in [0, 0.1) is 0 Å². The van der Waals surface area contributed by atoms with E-state index in [1.54, 1.807) is 0 Å². The third-order valence-electron chi connectivity index (χ3n) is 9.91. The van der Waals surface area contributed by atoms with Crippen LogP contribution in [0.25, 0.3) is 88.0 Å². The smallest absolute Gasteiger partial charge is 0.0641 e. The Morgan fingerprint density at radius 1 is 0.292 bits per heavy atom. The van der Waals surface area contributed by atoms with E-state index in [2.05, 4.69) is 191 Å². The molecule has 2 aromatic heterocycles. The molecule has 0 amide bonds. The van der Waals surface area contributed by atoms with Crippen LogP contribution in [-0.2, 0) is 0 Å². The summed E-state index contributed by atoms with van der Waals surface area (Å²) in [6, 6.07) is 66.1. The van der Waals surface area contributed by atoms with E-state index in [0.717, 1.165) is 5.69 Å². The van der Waals surface area contributed by atoms with Crippen molar-refractivity contribution in [1.82, 2.24) is 9.13 Å². The zero-order chi connectivity index (χ0) is 31.6. The fourth-order valence-electron chi connectivity index (χ4n) is 7.66. The average Bonchev–Trinajstić information content (AvgIpc) is 3.68. The Balaban J connectivity index is 1.12. The minimum atomic E-state index is 1.15. The highest BCUT2D eigenvalue weighted by Gasteiger charge is 2.20. The fourth-order valence-corrected chi connectivity index (χ4v) is 7.66. The highest BCUT2D eigenvalue weighted by atomic mass is 15.0. The molecule has 0 aliphatic carbocycles. The van der Waals surface area contributed by atoms with E-state index in [9.17, 15) is 0 Å². The number of nitrogens with zero attached hydrogens (tertiary/aromatic N) is 2. The van der Waals surface area contributed by atoms with Gasteiger partial charge >= 0.3 is 0 Å². The van der Waals surface area contributed by atoms with Gasteiger partial charge in [-0.25, -0.2) is 0 Å². The summed E-state index contributed by atoms with van der Waals surface area (Å²) in [4.78, 5) is 0. The average molecular weight is 611 g/mol. The molecule has 0 saturated heterocycles. The Morgan fingerprint density at radius 3 is 1.58 bits per heavy atom. The lowest BCUT2D eigenvalue weighted by Gasteiger charge is -2.11. The summed E-state index contributed by atoms with van der Waals surface area (Å²) in [5, 5.41) is 7.60. The Morgan fingerprint density at radius 2 is 0.833 bits per heavy atom. The second-order valence-corrected chi connectivity index (χ2v) is 12.6. The van der Waals surface area contributed by atoms with Crippen LogP contribution in [0.2, 0.25) is 0 Å². The zero-order valence-electron chi connectivity index (χ0n) is 26.2. The summed E-state index contributed by atoms with van der Waals surface area (Å²) in [7, 11) is 0. The lowest BCUT2D eigenvalue weighted by molar-refractivity contribution is 1.17. The van der Waals surface area contributed by atoms with Crippen molar-refractivity contribution in [3.05, 3.63) is 182 Å². The molecule has 10 rings (SSSR count). The summed E-state index contributed by atoms with van der Waals surface area (Å²) in [5.74, 6) is 0. The van der Waals surface area contributed by atoms with Crippen LogP contribution < -0.4 is 0 Å². The van der Waals surface area contributed by atoms with Crippen LogP contribution in [0.5, 0.6) is 0 Å². The topological polar surface area (TPSA) is 9.86 Å². The second-order valence-electron chi connectivity index (χ2n) is 12.6. The van der Waals surface area contributed by atoms with Gasteiger partial charge in [0.2, 0.25) is 0 Å². The molecular weight excluding hydrogens is 581 g/mol. The number of aromatic nitrogens is 2. The molecule has 0 aliphatic heterocycles. The van der Waals surface area contributed by atoms with Gasteiger partial charge in [-0.15, -0.1) is 0 Å². The molecule has 2 heteroatoms. The number of hydrogen-bond acceptors (Lipinski definition) is 0. The molecule has 0 fully saturated rings. The van der Waals surface area contributed by atoms with Crippen molar-refractivity contribution in [3.63, 3.8) is 0 Å².